The van der Waals surface area contributed by atoms with E-state index in [4.69, 9.17) is 44.1 Å². The lowest BCUT2D eigenvalue weighted by Gasteiger charge is -2.07. The molecule has 0 radical (unpaired) electrons. The van der Waals surface area contributed by atoms with Gasteiger partial charge in [-0.1, -0.05) is 48.3 Å². The Morgan fingerprint density at radius 3 is 2.40 bits per heavy atom. The Hall–Kier alpha value is -1.23. The smallest absolute Gasteiger partial charge is 0.408 e. The van der Waals surface area contributed by atoms with Crippen LogP contribution in [0.25, 0.3) is 11.3 Å². The van der Waals surface area contributed by atoms with E-state index in [9.17, 15) is 4.79 Å². The van der Waals surface area contributed by atoms with Crippen molar-refractivity contribution in [2.24, 2.45) is 0 Å². The van der Waals surface area contributed by atoms with Crippen molar-refractivity contribution in [3.63, 3.8) is 0 Å². The van der Waals surface area contributed by atoms with Crippen molar-refractivity contribution in [2.75, 3.05) is 0 Å². The molecule has 0 unspecified atom stereocenters. The zero-order valence-corrected chi connectivity index (χ0v) is 12.9. The normalized spacial score (nSPS) is 10.9. The van der Waals surface area contributed by atoms with Crippen LogP contribution in [0.3, 0.4) is 0 Å². The maximum atomic E-state index is 11.0. The quantitative estimate of drug-likeness (QED) is 0.694. The molecule has 4 nitrogen and oxygen atoms in total. The Balaban J connectivity index is 2.65. The molecular weight excluding hydrogens is 325 g/mol. The number of hydrogen-bond donors (Lipinski definition) is 0. The summed E-state index contributed by atoms with van der Waals surface area (Å²) in [5, 5.41) is 4.64. The van der Waals surface area contributed by atoms with Crippen LogP contribution >= 0.6 is 34.8 Å². The van der Waals surface area contributed by atoms with Gasteiger partial charge in [0.1, 0.15) is 0 Å². The lowest BCUT2D eigenvalue weighted by atomic mass is 10.1. The van der Waals surface area contributed by atoms with E-state index in [1.54, 1.807) is 18.2 Å². The first kappa shape index (κ1) is 15.2. The first-order valence-corrected chi connectivity index (χ1v) is 6.86. The molecule has 0 aliphatic carbocycles. The molecule has 2 aromatic rings. The number of benzene rings is 1. The predicted octanol–water partition coefficient (Wildman–Crippen LogP) is 5.51. The molecule has 0 amide bonds. The molecule has 0 aliphatic rings. The van der Waals surface area contributed by atoms with Crippen LogP contribution in [0.5, 0.6) is 5.75 Å². The first-order valence-electron chi connectivity index (χ1n) is 5.73. The van der Waals surface area contributed by atoms with Gasteiger partial charge in [-0.25, -0.2) is 4.79 Å². The second-order valence-corrected chi connectivity index (χ2v) is 5.44. The summed E-state index contributed by atoms with van der Waals surface area (Å²) in [7, 11) is 0. The fraction of sp³-hybridized carbons (Fsp3) is 0.231. The summed E-state index contributed by atoms with van der Waals surface area (Å²) in [5.41, 5.74) is -0.308. The molecular formula is C13H10Cl3NO3. The summed E-state index contributed by atoms with van der Waals surface area (Å²) >= 11 is 17.5. The number of aromatic nitrogens is 1. The molecule has 106 valence electrons. The van der Waals surface area contributed by atoms with Crippen LogP contribution in [0.1, 0.15) is 25.5 Å². The number of rotatable bonds is 3. The van der Waals surface area contributed by atoms with Gasteiger partial charge in [0.15, 0.2) is 11.5 Å². The molecule has 0 bridgehead atoms. The van der Waals surface area contributed by atoms with Gasteiger partial charge in [0, 0.05) is 23.1 Å². The van der Waals surface area contributed by atoms with Crippen LogP contribution in [0.2, 0.25) is 10.0 Å². The van der Waals surface area contributed by atoms with Gasteiger partial charge in [-0.3, -0.25) is 0 Å². The summed E-state index contributed by atoms with van der Waals surface area (Å²) in [4.78, 5) is 11.0. The number of halogens is 3. The standard InChI is InChI=1S/C13H10Cl3NO3/c1-6(2)11-12(19-13(16)18)10(17-20-11)9-7(14)4-3-5-8(9)15/h3-6H,1-2H3. The minimum absolute atomic E-state index is 0.0523. The van der Waals surface area contributed by atoms with Crippen LogP contribution < -0.4 is 4.74 Å². The Morgan fingerprint density at radius 1 is 1.30 bits per heavy atom. The van der Waals surface area contributed by atoms with Crippen LogP contribution in [-0.4, -0.2) is 10.6 Å². The monoisotopic (exact) mass is 333 g/mol. The Labute approximate surface area is 130 Å². The maximum Gasteiger partial charge on any atom is 0.409 e. The van der Waals surface area contributed by atoms with Crippen molar-refractivity contribution in [3.8, 4) is 17.0 Å². The second kappa shape index (κ2) is 6.04. The Morgan fingerprint density at radius 2 is 1.90 bits per heavy atom. The first-order chi connectivity index (χ1) is 9.41. The van der Waals surface area contributed by atoms with E-state index < -0.39 is 5.43 Å². The fourth-order valence-corrected chi connectivity index (χ4v) is 2.38. The average Bonchev–Trinajstić information content (AvgIpc) is 2.72. The lowest BCUT2D eigenvalue weighted by molar-refractivity contribution is 0.224. The topological polar surface area (TPSA) is 52.3 Å². The summed E-state index contributed by atoms with van der Waals surface area (Å²) in [6, 6.07) is 5.00. The van der Waals surface area contributed by atoms with Crippen molar-refractivity contribution in [1.82, 2.24) is 5.16 Å². The molecule has 20 heavy (non-hydrogen) atoms. The molecule has 1 aromatic heterocycles. The minimum Gasteiger partial charge on any atom is -0.408 e. The second-order valence-electron chi connectivity index (χ2n) is 4.32. The van der Waals surface area contributed by atoms with E-state index in [2.05, 4.69) is 5.16 Å². The van der Waals surface area contributed by atoms with Crippen LogP contribution in [0, 0.1) is 0 Å². The van der Waals surface area contributed by atoms with Gasteiger partial charge in [0.05, 0.1) is 10.0 Å². The highest BCUT2D eigenvalue weighted by Gasteiger charge is 2.26. The highest BCUT2D eigenvalue weighted by atomic mass is 35.5. The molecule has 1 heterocycles. The molecule has 7 heteroatoms. The largest absolute Gasteiger partial charge is 0.409 e. The van der Waals surface area contributed by atoms with Crippen LogP contribution in [-0.2, 0) is 0 Å². The SMILES string of the molecule is CC(C)c1onc(-c2c(Cl)cccc2Cl)c1OC(=O)Cl. The molecule has 0 saturated carbocycles. The highest BCUT2D eigenvalue weighted by Crippen LogP contribution is 2.42. The van der Waals surface area contributed by atoms with E-state index in [0.29, 0.717) is 21.4 Å². The molecule has 0 N–H and O–H groups in total. The third kappa shape index (κ3) is 2.92. The Kier molecular flexibility index (Phi) is 4.58. The van der Waals surface area contributed by atoms with E-state index in [1.165, 1.54) is 0 Å². The fourth-order valence-electron chi connectivity index (χ4n) is 1.72. The number of nitrogens with zero attached hydrogens (tertiary/aromatic N) is 1. The lowest BCUT2D eigenvalue weighted by Crippen LogP contribution is -2.00. The molecule has 0 saturated heterocycles. The Bertz CT molecular complexity index is 632. The highest BCUT2D eigenvalue weighted by molar-refractivity contribution is 6.61. The molecule has 2 rings (SSSR count). The average molecular weight is 335 g/mol. The third-order valence-electron chi connectivity index (χ3n) is 2.58. The van der Waals surface area contributed by atoms with Crippen molar-refractivity contribution < 1.29 is 14.1 Å². The zero-order valence-electron chi connectivity index (χ0n) is 10.6. The van der Waals surface area contributed by atoms with Crippen molar-refractivity contribution in [3.05, 3.63) is 34.0 Å². The number of hydrogen-bond acceptors (Lipinski definition) is 4. The molecule has 0 aliphatic heterocycles. The van der Waals surface area contributed by atoms with E-state index in [1.807, 2.05) is 13.8 Å². The van der Waals surface area contributed by atoms with Crippen LogP contribution in [0.15, 0.2) is 22.7 Å². The van der Waals surface area contributed by atoms with Crippen molar-refractivity contribution >= 4 is 40.2 Å². The van der Waals surface area contributed by atoms with Gasteiger partial charge >= 0.3 is 5.43 Å². The number of carbonyl (C=O) groups is 1. The van der Waals surface area contributed by atoms with Gasteiger partial charge in [-0.05, 0) is 12.1 Å². The summed E-state index contributed by atoms with van der Waals surface area (Å²) in [6.45, 7) is 3.73. The van der Waals surface area contributed by atoms with E-state index in [-0.39, 0.29) is 17.4 Å². The molecule has 0 fully saturated rings. The van der Waals surface area contributed by atoms with E-state index in [0.717, 1.165) is 0 Å². The summed E-state index contributed by atoms with van der Waals surface area (Å²) in [5.74, 6) is 0.475. The molecule has 0 atom stereocenters. The number of carbonyl (C=O) groups excluding carboxylic acids is 1. The van der Waals surface area contributed by atoms with E-state index >= 15 is 0 Å². The third-order valence-corrected chi connectivity index (χ3v) is 3.29. The van der Waals surface area contributed by atoms with Crippen molar-refractivity contribution in [1.29, 1.82) is 0 Å². The van der Waals surface area contributed by atoms with Gasteiger partial charge in [-0.15, -0.1) is 0 Å². The summed E-state index contributed by atoms with van der Waals surface area (Å²) < 4.78 is 10.2. The predicted molar refractivity (Wildman–Crippen MR) is 77.9 cm³/mol. The van der Waals surface area contributed by atoms with Crippen LogP contribution in [0.4, 0.5) is 4.79 Å². The zero-order chi connectivity index (χ0) is 14.9. The molecule has 0 spiro atoms. The maximum absolute atomic E-state index is 11.0. The van der Waals surface area contributed by atoms with Gasteiger partial charge < -0.3 is 9.26 Å². The van der Waals surface area contributed by atoms with Gasteiger partial charge in [0.2, 0.25) is 5.75 Å². The van der Waals surface area contributed by atoms with Gasteiger partial charge in [0.25, 0.3) is 0 Å². The number of ether oxygens (including phenoxy) is 1. The summed E-state index contributed by atoms with van der Waals surface area (Å²) in [6.07, 6.45) is 0. The minimum atomic E-state index is -0.987. The molecule has 1 aromatic carbocycles. The van der Waals surface area contributed by atoms with Gasteiger partial charge in [-0.2, -0.15) is 0 Å². The van der Waals surface area contributed by atoms with Crippen molar-refractivity contribution in [2.45, 2.75) is 19.8 Å².